The summed E-state index contributed by atoms with van der Waals surface area (Å²) in [6, 6.07) is 7.67. The third kappa shape index (κ3) is 1.95. The largest absolute Gasteiger partial charge is 0.368 e. The van der Waals surface area contributed by atoms with E-state index in [9.17, 15) is 4.79 Å². The summed E-state index contributed by atoms with van der Waals surface area (Å²) < 4.78 is 0. The number of anilines is 1. The van der Waals surface area contributed by atoms with Crippen LogP contribution in [-0.4, -0.2) is 37.4 Å². The van der Waals surface area contributed by atoms with E-state index < -0.39 is 0 Å². The molecular formula is C14H15N3O. The monoisotopic (exact) mass is 241 g/mol. The summed E-state index contributed by atoms with van der Waals surface area (Å²) in [5, 5.41) is 4.40. The number of carbonyl (C=O) groups is 1. The molecule has 1 saturated heterocycles. The number of carbonyl (C=O) groups excluding carboxylic acids is 1. The van der Waals surface area contributed by atoms with Gasteiger partial charge in [0.15, 0.2) is 0 Å². The van der Waals surface area contributed by atoms with Crippen LogP contribution in [0.25, 0.3) is 10.9 Å². The molecule has 3 rings (SSSR count). The van der Waals surface area contributed by atoms with Gasteiger partial charge in [0, 0.05) is 49.0 Å². The number of pyridine rings is 1. The van der Waals surface area contributed by atoms with Gasteiger partial charge >= 0.3 is 0 Å². The second-order valence-electron chi connectivity index (χ2n) is 4.46. The number of hydrogen-bond acceptors (Lipinski definition) is 4. The average molecular weight is 241 g/mol. The molecule has 0 saturated carbocycles. The summed E-state index contributed by atoms with van der Waals surface area (Å²) in [6.45, 7) is 3.98. The van der Waals surface area contributed by atoms with Gasteiger partial charge in [-0.3, -0.25) is 9.78 Å². The SMILES string of the molecule is O=Cc1ccc2nccc(N3CCNCC3)c2c1. The molecule has 1 fully saturated rings. The van der Waals surface area contributed by atoms with E-state index in [1.165, 1.54) is 5.69 Å². The summed E-state index contributed by atoms with van der Waals surface area (Å²) in [5.41, 5.74) is 2.81. The molecule has 0 radical (unpaired) electrons. The molecule has 4 heteroatoms. The molecule has 92 valence electrons. The van der Waals surface area contributed by atoms with Gasteiger partial charge in [0.25, 0.3) is 0 Å². The first-order valence-electron chi connectivity index (χ1n) is 6.18. The highest BCUT2D eigenvalue weighted by Crippen LogP contribution is 2.26. The van der Waals surface area contributed by atoms with Crippen LogP contribution in [0.15, 0.2) is 30.5 Å². The van der Waals surface area contributed by atoms with E-state index in [0.717, 1.165) is 43.4 Å². The Morgan fingerprint density at radius 1 is 1.22 bits per heavy atom. The van der Waals surface area contributed by atoms with Gasteiger partial charge in [-0.1, -0.05) is 0 Å². The van der Waals surface area contributed by atoms with Crippen LogP contribution >= 0.6 is 0 Å². The third-order valence-electron chi connectivity index (χ3n) is 3.34. The Morgan fingerprint density at radius 3 is 2.83 bits per heavy atom. The van der Waals surface area contributed by atoms with E-state index in [2.05, 4.69) is 15.2 Å². The average Bonchev–Trinajstić information content (AvgIpc) is 2.47. The van der Waals surface area contributed by atoms with Crippen molar-refractivity contribution in [3.63, 3.8) is 0 Å². The van der Waals surface area contributed by atoms with Crippen molar-refractivity contribution in [3.8, 4) is 0 Å². The fourth-order valence-corrected chi connectivity index (χ4v) is 2.40. The Bertz CT molecular complexity index is 576. The number of piperazine rings is 1. The molecule has 0 bridgehead atoms. The van der Waals surface area contributed by atoms with Crippen LogP contribution in [0.2, 0.25) is 0 Å². The van der Waals surface area contributed by atoms with Gasteiger partial charge in [-0.25, -0.2) is 0 Å². The van der Waals surface area contributed by atoms with E-state index in [0.29, 0.717) is 5.56 Å². The zero-order valence-electron chi connectivity index (χ0n) is 10.1. The van der Waals surface area contributed by atoms with Crippen molar-refractivity contribution in [1.82, 2.24) is 10.3 Å². The van der Waals surface area contributed by atoms with E-state index in [4.69, 9.17) is 0 Å². The number of aromatic nitrogens is 1. The molecule has 1 N–H and O–H groups in total. The van der Waals surface area contributed by atoms with Gasteiger partial charge in [0.1, 0.15) is 6.29 Å². The molecule has 1 aromatic carbocycles. The van der Waals surface area contributed by atoms with E-state index in [-0.39, 0.29) is 0 Å². The molecule has 0 amide bonds. The van der Waals surface area contributed by atoms with Crippen LogP contribution in [0.4, 0.5) is 5.69 Å². The van der Waals surface area contributed by atoms with E-state index in [1.807, 2.05) is 30.5 Å². The maximum absolute atomic E-state index is 10.9. The minimum absolute atomic E-state index is 0.701. The van der Waals surface area contributed by atoms with Crippen LogP contribution in [0.5, 0.6) is 0 Å². The standard InChI is InChI=1S/C14H15N3O/c18-10-11-1-2-13-12(9-11)14(3-4-16-13)17-7-5-15-6-8-17/h1-4,9-10,15H,5-8H2. The van der Waals surface area contributed by atoms with Crippen molar-refractivity contribution in [2.24, 2.45) is 0 Å². The van der Waals surface area contributed by atoms with Gasteiger partial charge in [0.05, 0.1) is 5.52 Å². The smallest absolute Gasteiger partial charge is 0.150 e. The Labute approximate surface area is 106 Å². The summed E-state index contributed by atoms with van der Waals surface area (Å²) in [6.07, 6.45) is 2.72. The summed E-state index contributed by atoms with van der Waals surface area (Å²) in [5.74, 6) is 0. The van der Waals surface area contributed by atoms with Crippen LogP contribution < -0.4 is 10.2 Å². The maximum atomic E-state index is 10.9. The van der Waals surface area contributed by atoms with Crippen LogP contribution in [0.3, 0.4) is 0 Å². The second kappa shape index (κ2) is 4.74. The van der Waals surface area contributed by atoms with Gasteiger partial charge in [-0.05, 0) is 24.3 Å². The van der Waals surface area contributed by atoms with Gasteiger partial charge in [-0.2, -0.15) is 0 Å². The fraction of sp³-hybridized carbons (Fsp3) is 0.286. The first-order valence-corrected chi connectivity index (χ1v) is 6.18. The van der Waals surface area contributed by atoms with Gasteiger partial charge in [0.2, 0.25) is 0 Å². The molecular weight excluding hydrogens is 226 g/mol. The number of fused-ring (bicyclic) bond motifs is 1. The van der Waals surface area contributed by atoms with Crippen LogP contribution in [0, 0.1) is 0 Å². The third-order valence-corrected chi connectivity index (χ3v) is 3.34. The lowest BCUT2D eigenvalue weighted by Gasteiger charge is -2.30. The predicted octanol–water partition coefficient (Wildman–Crippen LogP) is 1.46. The van der Waals surface area contributed by atoms with Crippen molar-refractivity contribution in [1.29, 1.82) is 0 Å². The molecule has 18 heavy (non-hydrogen) atoms. The van der Waals surface area contributed by atoms with E-state index in [1.54, 1.807) is 0 Å². The van der Waals surface area contributed by atoms with Crippen molar-refractivity contribution in [2.75, 3.05) is 31.1 Å². The number of benzene rings is 1. The normalized spacial score (nSPS) is 15.9. The highest BCUT2D eigenvalue weighted by atomic mass is 16.1. The summed E-state index contributed by atoms with van der Waals surface area (Å²) >= 11 is 0. The Hall–Kier alpha value is -1.94. The molecule has 0 unspecified atom stereocenters. The maximum Gasteiger partial charge on any atom is 0.150 e. The topological polar surface area (TPSA) is 45.2 Å². The molecule has 1 aliphatic heterocycles. The lowest BCUT2D eigenvalue weighted by atomic mass is 10.1. The number of nitrogens with one attached hydrogen (secondary N) is 1. The van der Waals surface area contributed by atoms with Crippen LogP contribution in [0.1, 0.15) is 10.4 Å². The van der Waals surface area contributed by atoms with Crippen molar-refractivity contribution in [2.45, 2.75) is 0 Å². The Balaban J connectivity index is 2.11. The first kappa shape index (κ1) is 11.2. The predicted molar refractivity (Wildman–Crippen MR) is 72.2 cm³/mol. The summed E-state index contributed by atoms with van der Waals surface area (Å²) in [4.78, 5) is 17.6. The molecule has 4 nitrogen and oxygen atoms in total. The molecule has 0 aliphatic carbocycles. The molecule has 1 aliphatic rings. The van der Waals surface area contributed by atoms with Gasteiger partial charge < -0.3 is 10.2 Å². The first-order chi connectivity index (χ1) is 8.88. The lowest BCUT2D eigenvalue weighted by molar-refractivity contribution is 0.112. The zero-order valence-corrected chi connectivity index (χ0v) is 10.1. The molecule has 0 spiro atoms. The lowest BCUT2D eigenvalue weighted by Crippen LogP contribution is -2.43. The highest BCUT2D eigenvalue weighted by Gasteiger charge is 2.13. The highest BCUT2D eigenvalue weighted by molar-refractivity contribution is 5.95. The summed E-state index contributed by atoms with van der Waals surface area (Å²) in [7, 11) is 0. The Kier molecular flexibility index (Phi) is 2.94. The number of aldehydes is 1. The molecule has 0 atom stereocenters. The molecule has 1 aromatic heterocycles. The number of hydrogen-bond donors (Lipinski definition) is 1. The number of nitrogens with zero attached hydrogens (tertiary/aromatic N) is 2. The van der Waals surface area contributed by atoms with Crippen molar-refractivity contribution < 1.29 is 4.79 Å². The van der Waals surface area contributed by atoms with Crippen molar-refractivity contribution in [3.05, 3.63) is 36.0 Å². The molecule has 2 heterocycles. The number of rotatable bonds is 2. The minimum Gasteiger partial charge on any atom is -0.368 e. The fourth-order valence-electron chi connectivity index (χ4n) is 2.40. The Morgan fingerprint density at radius 2 is 2.06 bits per heavy atom. The zero-order chi connectivity index (χ0) is 12.4. The molecule has 2 aromatic rings. The quantitative estimate of drug-likeness (QED) is 0.808. The van der Waals surface area contributed by atoms with Crippen molar-refractivity contribution >= 4 is 22.9 Å². The second-order valence-corrected chi connectivity index (χ2v) is 4.46. The minimum atomic E-state index is 0.701. The van der Waals surface area contributed by atoms with Gasteiger partial charge in [-0.15, -0.1) is 0 Å². The van der Waals surface area contributed by atoms with Crippen LogP contribution in [-0.2, 0) is 0 Å². The van der Waals surface area contributed by atoms with E-state index >= 15 is 0 Å².